The van der Waals surface area contributed by atoms with Crippen LogP contribution in [0.5, 0.6) is 5.75 Å². The van der Waals surface area contributed by atoms with Crippen LogP contribution in [0.1, 0.15) is 15.9 Å². The summed E-state index contributed by atoms with van der Waals surface area (Å²) < 4.78 is 5.10. The average Bonchev–Trinajstić information content (AvgIpc) is 2.89. The number of ether oxygens (including phenoxy) is 1. The number of methoxy groups -OCH3 is 1. The zero-order chi connectivity index (χ0) is 14.1. The Kier molecular flexibility index (Phi) is 3.06. The molecule has 2 aromatic carbocycles. The molecule has 0 saturated heterocycles. The van der Waals surface area contributed by atoms with Crippen molar-refractivity contribution in [1.29, 1.82) is 0 Å². The lowest BCUT2D eigenvalue weighted by Crippen LogP contribution is -2.28. The van der Waals surface area contributed by atoms with Crippen LogP contribution in [0.15, 0.2) is 42.5 Å². The summed E-state index contributed by atoms with van der Waals surface area (Å²) in [4.78, 5) is 14.4. The lowest BCUT2D eigenvalue weighted by atomic mass is 10.1. The van der Waals surface area contributed by atoms with Gasteiger partial charge in [0.1, 0.15) is 5.75 Å². The number of anilines is 2. The van der Waals surface area contributed by atoms with Crippen LogP contribution in [0.2, 0.25) is 0 Å². The van der Waals surface area contributed by atoms with E-state index in [1.54, 1.807) is 36.3 Å². The van der Waals surface area contributed by atoms with E-state index in [1.165, 1.54) is 5.56 Å². The normalized spacial score (nSPS) is 13.2. The lowest BCUT2D eigenvalue weighted by Gasteiger charge is -2.18. The molecule has 2 aromatic rings. The maximum Gasteiger partial charge on any atom is 0.258 e. The van der Waals surface area contributed by atoms with E-state index in [9.17, 15) is 4.79 Å². The van der Waals surface area contributed by atoms with Crippen molar-refractivity contribution >= 4 is 17.3 Å². The van der Waals surface area contributed by atoms with Crippen LogP contribution in [0, 0.1) is 0 Å². The first-order chi connectivity index (χ1) is 9.69. The van der Waals surface area contributed by atoms with E-state index in [1.807, 2.05) is 18.2 Å². The van der Waals surface area contributed by atoms with Crippen LogP contribution in [-0.4, -0.2) is 19.6 Å². The van der Waals surface area contributed by atoms with Crippen LogP contribution >= 0.6 is 0 Å². The molecular formula is C16H16N2O2. The van der Waals surface area contributed by atoms with Gasteiger partial charge in [-0.2, -0.15) is 0 Å². The van der Waals surface area contributed by atoms with Crippen molar-refractivity contribution in [3.8, 4) is 5.75 Å². The fraction of sp³-hybridized carbons (Fsp3) is 0.188. The number of fused-ring (bicyclic) bond motifs is 1. The van der Waals surface area contributed by atoms with Gasteiger partial charge in [-0.05, 0) is 48.4 Å². The third kappa shape index (κ3) is 2.09. The number of hydrogen-bond acceptors (Lipinski definition) is 3. The quantitative estimate of drug-likeness (QED) is 0.851. The highest BCUT2D eigenvalue weighted by molar-refractivity contribution is 6.07. The molecule has 0 aromatic heterocycles. The summed E-state index contributed by atoms with van der Waals surface area (Å²) in [5.74, 6) is 0.740. The largest absolute Gasteiger partial charge is 0.497 e. The summed E-state index contributed by atoms with van der Waals surface area (Å²) >= 11 is 0. The molecule has 0 aliphatic carbocycles. The standard InChI is InChI=1S/C16H16N2O2/c1-20-14-6-3-12(4-7-14)16(19)18-9-8-11-2-5-13(17)10-15(11)18/h2-7,10H,8-9,17H2,1H3. The Morgan fingerprint density at radius 3 is 2.65 bits per heavy atom. The zero-order valence-electron chi connectivity index (χ0n) is 11.3. The number of benzene rings is 2. The molecule has 1 heterocycles. The van der Waals surface area contributed by atoms with Crippen molar-refractivity contribution in [2.24, 2.45) is 0 Å². The zero-order valence-corrected chi connectivity index (χ0v) is 11.3. The van der Waals surface area contributed by atoms with E-state index in [4.69, 9.17) is 10.5 Å². The van der Waals surface area contributed by atoms with Crippen LogP contribution in [0.25, 0.3) is 0 Å². The molecule has 0 radical (unpaired) electrons. The van der Waals surface area contributed by atoms with Gasteiger partial charge in [-0.3, -0.25) is 4.79 Å². The number of carbonyl (C=O) groups excluding carboxylic acids is 1. The van der Waals surface area contributed by atoms with E-state index >= 15 is 0 Å². The van der Waals surface area contributed by atoms with Crippen LogP contribution < -0.4 is 15.4 Å². The maximum absolute atomic E-state index is 12.6. The number of carbonyl (C=O) groups is 1. The molecule has 0 unspecified atom stereocenters. The minimum absolute atomic E-state index is 0.00277. The second-order valence-corrected chi connectivity index (χ2v) is 4.82. The van der Waals surface area contributed by atoms with Crippen molar-refractivity contribution < 1.29 is 9.53 Å². The summed E-state index contributed by atoms with van der Waals surface area (Å²) in [6.07, 6.45) is 0.873. The monoisotopic (exact) mass is 268 g/mol. The van der Waals surface area contributed by atoms with Crippen molar-refractivity contribution in [1.82, 2.24) is 0 Å². The third-order valence-corrected chi connectivity index (χ3v) is 3.59. The van der Waals surface area contributed by atoms with Crippen molar-refractivity contribution in [2.75, 3.05) is 24.3 Å². The Hall–Kier alpha value is -2.49. The average molecular weight is 268 g/mol. The summed E-state index contributed by atoms with van der Waals surface area (Å²) in [6.45, 7) is 0.698. The third-order valence-electron chi connectivity index (χ3n) is 3.59. The van der Waals surface area contributed by atoms with E-state index in [0.717, 1.165) is 17.9 Å². The first-order valence-electron chi connectivity index (χ1n) is 6.53. The molecular weight excluding hydrogens is 252 g/mol. The number of nitrogen functional groups attached to an aromatic ring is 1. The van der Waals surface area contributed by atoms with Gasteiger partial charge in [-0.15, -0.1) is 0 Å². The highest BCUT2D eigenvalue weighted by Crippen LogP contribution is 2.31. The summed E-state index contributed by atoms with van der Waals surface area (Å²) in [7, 11) is 1.61. The SMILES string of the molecule is COc1ccc(C(=O)N2CCc3ccc(N)cc32)cc1. The lowest BCUT2D eigenvalue weighted by molar-refractivity contribution is 0.0989. The molecule has 1 aliphatic rings. The van der Waals surface area contributed by atoms with Crippen LogP contribution in [-0.2, 0) is 6.42 Å². The van der Waals surface area contributed by atoms with E-state index in [0.29, 0.717) is 17.8 Å². The number of amides is 1. The molecule has 0 fully saturated rings. The van der Waals surface area contributed by atoms with Crippen molar-refractivity contribution in [2.45, 2.75) is 6.42 Å². The highest BCUT2D eigenvalue weighted by Gasteiger charge is 2.25. The molecule has 3 rings (SSSR count). The van der Waals surface area contributed by atoms with Gasteiger partial charge in [0.2, 0.25) is 0 Å². The van der Waals surface area contributed by atoms with E-state index < -0.39 is 0 Å². The Labute approximate surface area is 117 Å². The molecule has 4 heteroatoms. The molecule has 1 aliphatic heterocycles. The van der Waals surface area contributed by atoms with Gasteiger partial charge in [0.05, 0.1) is 7.11 Å². The van der Waals surface area contributed by atoms with Crippen LogP contribution in [0.4, 0.5) is 11.4 Å². The van der Waals surface area contributed by atoms with Gasteiger partial charge < -0.3 is 15.4 Å². The predicted octanol–water partition coefficient (Wildman–Crippen LogP) is 2.48. The van der Waals surface area contributed by atoms with E-state index in [2.05, 4.69) is 0 Å². The Morgan fingerprint density at radius 1 is 1.20 bits per heavy atom. The van der Waals surface area contributed by atoms with Gasteiger partial charge >= 0.3 is 0 Å². The second kappa shape index (κ2) is 4.89. The summed E-state index contributed by atoms with van der Waals surface area (Å²) in [5, 5.41) is 0. The maximum atomic E-state index is 12.6. The smallest absolute Gasteiger partial charge is 0.258 e. The predicted molar refractivity (Wildman–Crippen MR) is 79.2 cm³/mol. The molecule has 4 nitrogen and oxygen atoms in total. The highest BCUT2D eigenvalue weighted by atomic mass is 16.5. The second-order valence-electron chi connectivity index (χ2n) is 4.82. The molecule has 1 amide bonds. The number of rotatable bonds is 2. The number of nitrogens with zero attached hydrogens (tertiary/aromatic N) is 1. The fourth-order valence-corrected chi connectivity index (χ4v) is 2.50. The molecule has 0 spiro atoms. The molecule has 0 bridgehead atoms. The topological polar surface area (TPSA) is 55.6 Å². The first-order valence-corrected chi connectivity index (χ1v) is 6.53. The van der Waals surface area contributed by atoms with Crippen LogP contribution in [0.3, 0.4) is 0 Å². The van der Waals surface area contributed by atoms with Gasteiger partial charge in [0.15, 0.2) is 0 Å². The molecule has 0 atom stereocenters. The van der Waals surface area contributed by atoms with Gasteiger partial charge in [0.25, 0.3) is 5.91 Å². The summed E-state index contributed by atoms with van der Waals surface area (Å²) in [5.41, 5.74) is 9.24. The Bertz CT molecular complexity index is 650. The fourth-order valence-electron chi connectivity index (χ4n) is 2.50. The van der Waals surface area contributed by atoms with Gasteiger partial charge in [-0.1, -0.05) is 6.07 Å². The minimum Gasteiger partial charge on any atom is -0.497 e. The summed E-state index contributed by atoms with van der Waals surface area (Å²) in [6, 6.07) is 12.9. The van der Waals surface area contributed by atoms with Gasteiger partial charge in [0, 0.05) is 23.5 Å². The van der Waals surface area contributed by atoms with Crippen molar-refractivity contribution in [3.05, 3.63) is 53.6 Å². The first kappa shape index (κ1) is 12.5. The minimum atomic E-state index is -0.00277. The number of hydrogen-bond donors (Lipinski definition) is 1. The molecule has 20 heavy (non-hydrogen) atoms. The van der Waals surface area contributed by atoms with E-state index in [-0.39, 0.29) is 5.91 Å². The Morgan fingerprint density at radius 2 is 1.95 bits per heavy atom. The number of nitrogens with two attached hydrogens (primary N) is 1. The van der Waals surface area contributed by atoms with Crippen molar-refractivity contribution in [3.63, 3.8) is 0 Å². The molecule has 0 saturated carbocycles. The molecule has 102 valence electrons. The Balaban J connectivity index is 1.91. The van der Waals surface area contributed by atoms with Gasteiger partial charge in [-0.25, -0.2) is 0 Å². The molecule has 2 N–H and O–H groups in total.